The van der Waals surface area contributed by atoms with Gasteiger partial charge in [0.2, 0.25) is 10.0 Å². The molecular weight excluding hydrogens is 278 g/mol. The molecule has 0 saturated heterocycles. The molecule has 0 spiro atoms. The van der Waals surface area contributed by atoms with Gasteiger partial charge in [0, 0.05) is 38.1 Å². The Labute approximate surface area is 121 Å². The molecule has 0 aliphatic rings. The van der Waals surface area contributed by atoms with Crippen LogP contribution in [-0.2, 0) is 21.3 Å². The van der Waals surface area contributed by atoms with Gasteiger partial charge in [0.05, 0.1) is 11.5 Å². The van der Waals surface area contributed by atoms with Crippen molar-refractivity contribution < 1.29 is 13.2 Å². The Morgan fingerprint density at radius 3 is 2.70 bits per heavy atom. The molecule has 0 atom stereocenters. The van der Waals surface area contributed by atoms with Gasteiger partial charge in [-0.3, -0.25) is 0 Å². The molecule has 116 valence electrons. The van der Waals surface area contributed by atoms with E-state index in [1.807, 2.05) is 20.8 Å². The average molecular weight is 303 g/mol. The summed E-state index contributed by atoms with van der Waals surface area (Å²) < 4.78 is 31.6. The van der Waals surface area contributed by atoms with E-state index in [0.717, 1.165) is 12.2 Å². The number of rotatable bonds is 9. The normalized spacial score (nSPS) is 12.5. The second-order valence-corrected chi connectivity index (χ2v) is 6.73. The van der Waals surface area contributed by atoms with Crippen LogP contribution in [0.15, 0.2) is 17.2 Å². The first-order chi connectivity index (χ1) is 9.43. The standard InChI is InChI=1S/C13H25N3O3S/c1-5-14-9-12-8-13(10-15-12)20(17,18)16(11(2)3)6-7-19-4/h8,10-11,14-15H,5-7,9H2,1-4H3. The second-order valence-electron chi connectivity index (χ2n) is 4.84. The van der Waals surface area contributed by atoms with Crippen LogP contribution in [0, 0.1) is 0 Å². The summed E-state index contributed by atoms with van der Waals surface area (Å²) in [6.07, 6.45) is 1.55. The second kappa shape index (κ2) is 7.78. The third-order valence-corrected chi connectivity index (χ3v) is 5.03. The van der Waals surface area contributed by atoms with Crippen LogP contribution in [-0.4, -0.2) is 50.6 Å². The van der Waals surface area contributed by atoms with Crippen molar-refractivity contribution in [3.8, 4) is 0 Å². The first-order valence-electron chi connectivity index (χ1n) is 6.82. The van der Waals surface area contributed by atoms with Crippen molar-refractivity contribution in [3.05, 3.63) is 18.0 Å². The summed E-state index contributed by atoms with van der Waals surface area (Å²) in [5.74, 6) is 0. The van der Waals surface area contributed by atoms with Crippen molar-refractivity contribution in [3.63, 3.8) is 0 Å². The molecule has 0 saturated carbocycles. The molecule has 0 unspecified atom stereocenters. The van der Waals surface area contributed by atoms with Crippen LogP contribution in [0.25, 0.3) is 0 Å². The van der Waals surface area contributed by atoms with Crippen LogP contribution >= 0.6 is 0 Å². The smallest absolute Gasteiger partial charge is 0.244 e. The van der Waals surface area contributed by atoms with E-state index >= 15 is 0 Å². The van der Waals surface area contributed by atoms with E-state index in [2.05, 4.69) is 10.3 Å². The van der Waals surface area contributed by atoms with Gasteiger partial charge in [-0.25, -0.2) is 8.42 Å². The number of aromatic amines is 1. The van der Waals surface area contributed by atoms with Gasteiger partial charge >= 0.3 is 0 Å². The number of H-pyrrole nitrogens is 1. The Bertz CT molecular complexity index is 497. The molecule has 0 fully saturated rings. The third kappa shape index (κ3) is 4.31. The van der Waals surface area contributed by atoms with Crippen LogP contribution in [0.3, 0.4) is 0 Å². The SMILES string of the molecule is CCNCc1cc(S(=O)(=O)N(CCOC)C(C)C)c[nH]1. The van der Waals surface area contributed by atoms with Crippen molar-refractivity contribution in [2.45, 2.75) is 38.3 Å². The van der Waals surface area contributed by atoms with Gasteiger partial charge in [0.1, 0.15) is 0 Å². The maximum absolute atomic E-state index is 12.6. The molecule has 7 heteroatoms. The summed E-state index contributed by atoms with van der Waals surface area (Å²) in [5.41, 5.74) is 0.862. The van der Waals surface area contributed by atoms with Gasteiger partial charge in [-0.1, -0.05) is 6.92 Å². The molecule has 2 N–H and O–H groups in total. The first kappa shape index (κ1) is 17.2. The number of aromatic nitrogens is 1. The molecule has 0 aromatic carbocycles. The lowest BCUT2D eigenvalue weighted by Gasteiger charge is -2.24. The van der Waals surface area contributed by atoms with Gasteiger partial charge in [0.25, 0.3) is 0 Å². The van der Waals surface area contributed by atoms with E-state index in [9.17, 15) is 8.42 Å². The zero-order valence-electron chi connectivity index (χ0n) is 12.6. The predicted molar refractivity (Wildman–Crippen MR) is 79.1 cm³/mol. The summed E-state index contributed by atoms with van der Waals surface area (Å²) in [7, 11) is -1.92. The fraction of sp³-hybridized carbons (Fsp3) is 0.692. The van der Waals surface area contributed by atoms with Crippen molar-refractivity contribution in [1.29, 1.82) is 0 Å². The minimum absolute atomic E-state index is 0.109. The van der Waals surface area contributed by atoms with E-state index in [1.165, 1.54) is 4.31 Å². The number of sulfonamides is 1. The average Bonchev–Trinajstić information content (AvgIpc) is 2.85. The Morgan fingerprint density at radius 1 is 1.45 bits per heavy atom. The predicted octanol–water partition coefficient (Wildman–Crippen LogP) is 1.17. The molecule has 0 bridgehead atoms. The van der Waals surface area contributed by atoms with E-state index < -0.39 is 10.0 Å². The highest BCUT2D eigenvalue weighted by atomic mass is 32.2. The highest BCUT2D eigenvalue weighted by molar-refractivity contribution is 7.89. The molecular formula is C13H25N3O3S. The molecule has 1 aromatic heterocycles. The van der Waals surface area contributed by atoms with Crippen molar-refractivity contribution in [2.75, 3.05) is 26.8 Å². The fourth-order valence-electron chi connectivity index (χ4n) is 1.90. The topological polar surface area (TPSA) is 74.4 Å². The lowest BCUT2D eigenvalue weighted by molar-refractivity contribution is 0.171. The lowest BCUT2D eigenvalue weighted by Crippen LogP contribution is -2.39. The van der Waals surface area contributed by atoms with Crippen molar-refractivity contribution in [2.24, 2.45) is 0 Å². The summed E-state index contributed by atoms with van der Waals surface area (Å²) in [6.45, 7) is 7.93. The van der Waals surface area contributed by atoms with Crippen LogP contribution < -0.4 is 5.32 Å². The maximum atomic E-state index is 12.6. The number of hydrogen-bond donors (Lipinski definition) is 2. The monoisotopic (exact) mass is 303 g/mol. The minimum Gasteiger partial charge on any atom is -0.383 e. The molecule has 1 heterocycles. The summed E-state index contributed by atoms with van der Waals surface area (Å²) in [4.78, 5) is 3.30. The van der Waals surface area contributed by atoms with E-state index in [4.69, 9.17) is 4.74 Å². The van der Waals surface area contributed by atoms with Crippen LogP contribution in [0.4, 0.5) is 0 Å². The lowest BCUT2D eigenvalue weighted by atomic mass is 10.4. The number of nitrogens with one attached hydrogen (secondary N) is 2. The largest absolute Gasteiger partial charge is 0.383 e. The molecule has 0 amide bonds. The fourth-order valence-corrected chi connectivity index (χ4v) is 3.54. The number of nitrogens with zero attached hydrogens (tertiary/aromatic N) is 1. The van der Waals surface area contributed by atoms with Gasteiger partial charge in [0.15, 0.2) is 0 Å². The van der Waals surface area contributed by atoms with Crippen LogP contribution in [0.2, 0.25) is 0 Å². The Morgan fingerprint density at radius 2 is 2.15 bits per heavy atom. The third-order valence-electron chi connectivity index (χ3n) is 2.98. The molecule has 1 aromatic rings. The van der Waals surface area contributed by atoms with Gasteiger partial charge in [-0.05, 0) is 26.5 Å². The summed E-state index contributed by atoms with van der Waals surface area (Å²) in [6, 6.07) is 1.57. The zero-order valence-corrected chi connectivity index (χ0v) is 13.5. The maximum Gasteiger partial charge on any atom is 0.244 e. The van der Waals surface area contributed by atoms with Crippen LogP contribution in [0.1, 0.15) is 26.5 Å². The van der Waals surface area contributed by atoms with E-state index in [0.29, 0.717) is 24.6 Å². The zero-order chi connectivity index (χ0) is 15.2. The van der Waals surface area contributed by atoms with E-state index in [1.54, 1.807) is 19.4 Å². The van der Waals surface area contributed by atoms with Gasteiger partial charge in [-0.15, -0.1) is 0 Å². The number of ether oxygens (including phenoxy) is 1. The molecule has 0 aliphatic heterocycles. The summed E-state index contributed by atoms with van der Waals surface area (Å²) >= 11 is 0. The number of hydrogen-bond acceptors (Lipinski definition) is 4. The Kier molecular flexibility index (Phi) is 6.67. The van der Waals surface area contributed by atoms with Gasteiger partial charge < -0.3 is 15.0 Å². The minimum atomic E-state index is -3.48. The van der Waals surface area contributed by atoms with Crippen molar-refractivity contribution >= 4 is 10.0 Å². The summed E-state index contributed by atoms with van der Waals surface area (Å²) in [5, 5.41) is 3.16. The highest BCUT2D eigenvalue weighted by Gasteiger charge is 2.27. The molecule has 0 radical (unpaired) electrons. The first-order valence-corrected chi connectivity index (χ1v) is 8.26. The van der Waals surface area contributed by atoms with Crippen LogP contribution in [0.5, 0.6) is 0 Å². The van der Waals surface area contributed by atoms with E-state index in [-0.39, 0.29) is 6.04 Å². The molecule has 20 heavy (non-hydrogen) atoms. The molecule has 6 nitrogen and oxygen atoms in total. The molecule has 1 rings (SSSR count). The van der Waals surface area contributed by atoms with Gasteiger partial charge in [-0.2, -0.15) is 4.31 Å². The highest BCUT2D eigenvalue weighted by Crippen LogP contribution is 2.19. The van der Waals surface area contributed by atoms with Crippen molar-refractivity contribution in [1.82, 2.24) is 14.6 Å². The molecule has 0 aliphatic carbocycles. The Hall–Kier alpha value is -0.890. The quantitative estimate of drug-likeness (QED) is 0.718. The Balaban J connectivity index is 2.91. The number of methoxy groups -OCH3 is 1.